The summed E-state index contributed by atoms with van der Waals surface area (Å²) in [5.41, 5.74) is -0.631. The van der Waals surface area contributed by atoms with Gasteiger partial charge in [0.25, 0.3) is 0 Å². The van der Waals surface area contributed by atoms with Crippen LogP contribution in [0.2, 0.25) is 10.0 Å². The summed E-state index contributed by atoms with van der Waals surface area (Å²) in [6.45, 7) is 5.56. The lowest BCUT2D eigenvalue weighted by Crippen LogP contribution is -2.53. The number of nitrogens with two attached hydrogens (primary N) is 1. The van der Waals surface area contributed by atoms with Crippen molar-refractivity contribution in [2.75, 3.05) is 18.7 Å². The second-order valence-electron chi connectivity index (χ2n) is 10.8. The van der Waals surface area contributed by atoms with Gasteiger partial charge in [-0.05, 0) is 64.1 Å². The Kier molecular flexibility index (Phi) is 12.2. The summed E-state index contributed by atoms with van der Waals surface area (Å²) in [4.78, 5) is 51.9. The van der Waals surface area contributed by atoms with E-state index in [9.17, 15) is 27.6 Å². The molecular weight excluding hydrogens is 665 g/mol. The third-order valence-corrected chi connectivity index (χ3v) is 7.98. The van der Waals surface area contributed by atoms with E-state index in [-0.39, 0.29) is 28.6 Å². The highest BCUT2D eigenvalue weighted by Gasteiger charge is 2.36. The maximum atomic E-state index is 13.1. The molecule has 0 spiro atoms. The first kappa shape index (κ1) is 36.4. The number of primary sulfonamides is 1. The second kappa shape index (κ2) is 15.5. The Morgan fingerprint density at radius 2 is 1.74 bits per heavy atom. The molecule has 1 amide bonds. The van der Waals surface area contributed by atoms with E-state index in [4.69, 9.17) is 47.0 Å². The van der Waals surface area contributed by atoms with Gasteiger partial charge in [0.15, 0.2) is 5.78 Å². The Morgan fingerprint density at radius 3 is 2.35 bits per heavy atom. The van der Waals surface area contributed by atoms with Gasteiger partial charge in [0.05, 0.1) is 41.5 Å². The number of benzene rings is 2. The van der Waals surface area contributed by atoms with E-state index in [0.717, 1.165) is 6.07 Å². The lowest BCUT2D eigenvalue weighted by molar-refractivity contribution is -0.153. The van der Waals surface area contributed by atoms with Gasteiger partial charge in [-0.2, -0.15) is 0 Å². The first-order chi connectivity index (χ1) is 21.5. The maximum Gasteiger partial charge on any atom is 0.413 e. The summed E-state index contributed by atoms with van der Waals surface area (Å²) < 4.78 is 44.4. The zero-order valence-electron chi connectivity index (χ0n) is 25.4. The lowest BCUT2D eigenvalue weighted by atomic mass is 9.98. The number of carbonyl (C=O) groups excluding carboxylic acids is 4. The van der Waals surface area contributed by atoms with Crippen LogP contribution in [0.4, 0.5) is 10.5 Å². The molecular formula is C30H33Cl2N3O10S. The molecule has 1 heterocycles. The summed E-state index contributed by atoms with van der Waals surface area (Å²) in [7, 11) is -4.29. The van der Waals surface area contributed by atoms with Crippen molar-refractivity contribution in [2.45, 2.75) is 57.1 Å². The van der Waals surface area contributed by atoms with Gasteiger partial charge in [-0.1, -0.05) is 35.3 Å². The number of rotatable bonds is 13. The number of nitrogens with zero attached hydrogens (tertiary/aromatic N) is 1. The molecule has 3 aromatic rings. The molecule has 0 aliphatic heterocycles. The molecule has 1 atom stereocenters. The van der Waals surface area contributed by atoms with E-state index < -0.39 is 64.4 Å². The van der Waals surface area contributed by atoms with Crippen molar-refractivity contribution in [3.8, 4) is 0 Å². The highest BCUT2D eigenvalue weighted by atomic mass is 35.5. The van der Waals surface area contributed by atoms with Crippen LogP contribution in [0.15, 0.2) is 64.1 Å². The van der Waals surface area contributed by atoms with Crippen LogP contribution in [0.1, 0.15) is 60.6 Å². The van der Waals surface area contributed by atoms with E-state index in [1.807, 2.05) is 0 Å². The molecule has 0 saturated carbocycles. The zero-order valence-corrected chi connectivity index (χ0v) is 27.7. The number of amides is 1. The molecule has 0 bridgehead atoms. The molecule has 0 radical (unpaired) electrons. The van der Waals surface area contributed by atoms with E-state index in [1.165, 1.54) is 23.3 Å². The van der Waals surface area contributed by atoms with Crippen molar-refractivity contribution in [3.63, 3.8) is 0 Å². The first-order valence-electron chi connectivity index (χ1n) is 13.7. The number of sulfonamides is 1. The molecule has 0 fully saturated rings. The van der Waals surface area contributed by atoms with Crippen molar-refractivity contribution in [3.05, 3.63) is 81.7 Å². The van der Waals surface area contributed by atoms with Gasteiger partial charge in [-0.25, -0.2) is 23.1 Å². The number of anilines is 1. The smallest absolute Gasteiger partial charge is 0.413 e. The topological polar surface area (TPSA) is 185 Å². The number of halogens is 2. The largest absolute Gasteiger partial charge is 0.467 e. The molecule has 0 aliphatic carbocycles. The molecule has 3 rings (SSSR count). The van der Waals surface area contributed by atoms with Gasteiger partial charge in [0.1, 0.15) is 17.3 Å². The number of Topliss-reactive ketones (excluding diaryl/α,β-unsaturated/α-hetero) is 1. The number of esters is 2. The summed E-state index contributed by atoms with van der Waals surface area (Å²) in [6.07, 6.45) is 0.118. The van der Waals surface area contributed by atoms with Crippen molar-refractivity contribution >= 4 is 62.7 Å². The van der Waals surface area contributed by atoms with E-state index in [0.29, 0.717) is 16.3 Å². The average molecular weight is 699 g/mol. The first-order valence-corrected chi connectivity index (χ1v) is 16.0. The van der Waals surface area contributed by atoms with Gasteiger partial charge in [0.2, 0.25) is 16.8 Å². The third kappa shape index (κ3) is 9.94. The number of ether oxygens (including phenoxy) is 3. The van der Waals surface area contributed by atoms with Gasteiger partial charge in [-0.15, -0.1) is 0 Å². The van der Waals surface area contributed by atoms with Crippen molar-refractivity contribution < 1.29 is 46.2 Å². The quantitative estimate of drug-likeness (QED) is 0.132. The molecule has 3 N–H and O–H groups in total. The molecule has 46 heavy (non-hydrogen) atoms. The molecule has 0 aliphatic rings. The van der Waals surface area contributed by atoms with Crippen LogP contribution in [-0.4, -0.2) is 62.1 Å². The minimum absolute atomic E-state index is 0.125. The molecule has 16 heteroatoms. The molecule has 2 aromatic carbocycles. The maximum absolute atomic E-state index is 13.1. The SMILES string of the molecule is CC(C(=O)c1cccc(Cl)c1)N(C(=O)OCOC(=O)CCOC(=O)c1cc(S(N)(=O)=O)c(Cl)cc1NCc1ccco1)C(C)(C)C. The summed E-state index contributed by atoms with van der Waals surface area (Å²) in [5.74, 6) is -1.71. The fraction of sp³-hybridized carbons (Fsp3) is 0.333. The summed E-state index contributed by atoms with van der Waals surface area (Å²) in [5, 5.41) is 8.27. The number of hydrogen-bond acceptors (Lipinski definition) is 11. The van der Waals surface area contributed by atoms with E-state index >= 15 is 0 Å². The molecule has 0 saturated heterocycles. The third-order valence-electron chi connectivity index (χ3n) is 6.37. The van der Waals surface area contributed by atoms with Crippen molar-refractivity contribution in [2.24, 2.45) is 5.14 Å². The Bertz CT molecular complexity index is 1690. The Hall–Kier alpha value is -4.11. The Morgan fingerprint density at radius 1 is 1.02 bits per heavy atom. The Balaban J connectivity index is 1.57. The van der Waals surface area contributed by atoms with E-state index in [2.05, 4.69) is 5.32 Å². The predicted octanol–water partition coefficient (Wildman–Crippen LogP) is 5.40. The average Bonchev–Trinajstić information content (AvgIpc) is 3.48. The highest BCUT2D eigenvalue weighted by Crippen LogP contribution is 2.29. The van der Waals surface area contributed by atoms with Crippen LogP contribution < -0.4 is 10.5 Å². The number of ketones is 1. The van der Waals surface area contributed by atoms with Crippen LogP contribution >= 0.6 is 23.2 Å². The summed E-state index contributed by atoms with van der Waals surface area (Å²) in [6, 6.07) is 10.9. The van der Waals surface area contributed by atoms with Gasteiger partial charge in [-0.3, -0.25) is 14.5 Å². The summed E-state index contributed by atoms with van der Waals surface area (Å²) >= 11 is 12.1. The zero-order chi connectivity index (χ0) is 34.2. The fourth-order valence-corrected chi connectivity index (χ4v) is 5.58. The number of hydrogen-bond donors (Lipinski definition) is 2. The van der Waals surface area contributed by atoms with Crippen LogP contribution in [0.5, 0.6) is 0 Å². The minimum atomic E-state index is -4.29. The number of furan rings is 1. The molecule has 248 valence electrons. The van der Waals surface area contributed by atoms with Gasteiger partial charge in [0, 0.05) is 16.1 Å². The molecule has 13 nitrogen and oxygen atoms in total. The monoisotopic (exact) mass is 697 g/mol. The highest BCUT2D eigenvalue weighted by molar-refractivity contribution is 7.89. The van der Waals surface area contributed by atoms with Crippen molar-refractivity contribution in [1.29, 1.82) is 0 Å². The van der Waals surface area contributed by atoms with Crippen molar-refractivity contribution in [1.82, 2.24) is 4.90 Å². The van der Waals surface area contributed by atoms with E-state index in [1.54, 1.807) is 58.0 Å². The fourth-order valence-electron chi connectivity index (χ4n) is 4.29. The normalized spacial score (nSPS) is 12.2. The van der Waals surface area contributed by atoms with Crippen LogP contribution in [0.3, 0.4) is 0 Å². The predicted molar refractivity (Wildman–Crippen MR) is 168 cm³/mol. The Labute approximate surface area is 275 Å². The number of carbonyl (C=O) groups is 4. The molecule has 1 aromatic heterocycles. The minimum Gasteiger partial charge on any atom is -0.467 e. The lowest BCUT2D eigenvalue weighted by Gasteiger charge is -2.38. The second-order valence-corrected chi connectivity index (χ2v) is 13.2. The standard InChI is InChI=1S/C30H33Cl2N3O10S/c1-18(27(37)19-7-5-8-20(31)13-19)35(30(2,3)4)29(39)45-17-44-26(36)10-12-43-28(38)22-14-25(46(33,40)41)23(32)15-24(22)34-16-21-9-6-11-42-21/h5-9,11,13-15,18,34H,10,12,16-17H2,1-4H3,(H2,33,40,41). The van der Waals surface area contributed by atoms with Crippen LogP contribution in [0.25, 0.3) is 0 Å². The van der Waals surface area contributed by atoms with Gasteiger partial charge >= 0.3 is 18.0 Å². The molecule has 1 unspecified atom stereocenters. The number of nitrogens with one attached hydrogen (secondary N) is 1. The van der Waals surface area contributed by atoms with Crippen LogP contribution in [-0.2, 0) is 35.6 Å². The van der Waals surface area contributed by atoms with Gasteiger partial charge < -0.3 is 23.9 Å². The van der Waals surface area contributed by atoms with Crippen LogP contribution in [0, 0.1) is 0 Å².